The minimum absolute atomic E-state index is 0.0191. The Morgan fingerprint density at radius 1 is 0.556 bits per heavy atom. The molecule has 1 nitrogen and oxygen atoms in total. The molecule has 45 heavy (non-hydrogen) atoms. The Balaban J connectivity index is 1.34. The van der Waals surface area contributed by atoms with Gasteiger partial charge >= 0.3 is 6.11 Å². The molecule has 0 saturated heterocycles. The molecule has 0 aliphatic carbocycles. The van der Waals surface area contributed by atoms with Crippen LogP contribution >= 0.6 is 0 Å². The van der Waals surface area contributed by atoms with Crippen molar-refractivity contribution in [2.24, 2.45) is 0 Å². The summed E-state index contributed by atoms with van der Waals surface area (Å²) >= 11 is 0. The summed E-state index contributed by atoms with van der Waals surface area (Å²) in [5, 5.41) is 0. The number of ether oxygens (including phenoxy) is 1. The predicted molar refractivity (Wildman–Crippen MR) is 157 cm³/mol. The highest BCUT2D eigenvalue weighted by atomic mass is 19.3. The Bertz CT molecular complexity index is 1770. The molecule has 5 aromatic rings. The van der Waals surface area contributed by atoms with Crippen molar-refractivity contribution < 1.29 is 39.9 Å². The molecular weight excluding hydrogens is 600 g/mol. The van der Waals surface area contributed by atoms with Crippen LogP contribution in [0.2, 0.25) is 0 Å². The second-order valence-corrected chi connectivity index (χ2v) is 10.6. The van der Waals surface area contributed by atoms with E-state index in [-0.39, 0.29) is 27.8 Å². The zero-order chi connectivity index (χ0) is 32.3. The lowest BCUT2D eigenvalue weighted by Gasteiger charge is -2.19. The van der Waals surface area contributed by atoms with Gasteiger partial charge < -0.3 is 4.74 Å². The molecule has 0 unspecified atom stereocenters. The first-order valence-electron chi connectivity index (χ1n) is 14.2. The summed E-state index contributed by atoms with van der Waals surface area (Å²) in [5.74, 6) is -7.98. The number of alkyl halides is 2. The first-order chi connectivity index (χ1) is 21.5. The van der Waals surface area contributed by atoms with Crippen molar-refractivity contribution in [3.05, 3.63) is 137 Å². The zero-order valence-corrected chi connectivity index (χ0v) is 23.9. The van der Waals surface area contributed by atoms with E-state index in [1.165, 1.54) is 36.4 Å². The van der Waals surface area contributed by atoms with Crippen LogP contribution in [0.5, 0.6) is 5.75 Å². The van der Waals surface area contributed by atoms with Gasteiger partial charge in [-0.2, -0.15) is 8.78 Å². The van der Waals surface area contributed by atoms with Crippen LogP contribution < -0.4 is 4.74 Å². The summed E-state index contributed by atoms with van der Waals surface area (Å²) in [7, 11) is 0. The van der Waals surface area contributed by atoms with Gasteiger partial charge in [-0.3, -0.25) is 0 Å². The number of unbranched alkanes of at least 4 members (excludes halogenated alkanes) is 2. The van der Waals surface area contributed by atoms with Gasteiger partial charge in [0.25, 0.3) is 0 Å². The number of halogens is 8. The molecule has 5 rings (SSSR count). The van der Waals surface area contributed by atoms with E-state index in [9.17, 15) is 22.0 Å². The molecule has 0 N–H and O–H groups in total. The third-order valence-electron chi connectivity index (χ3n) is 7.39. The van der Waals surface area contributed by atoms with Gasteiger partial charge in [0, 0.05) is 11.6 Å². The van der Waals surface area contributed by atoms with E-state index in [4.69, 9.17) is 4.74 Å². The molecule has 5 aromatic carbocycles. The first-order valence-corrected chi connectivity index (χ1v) is 14.2. The lowest BCUT2D eigenvalue weighted by molar-refractivity contribution is -0.185. The van der Waals surface area contributed by atoms with E-state index >= 15 is 13.2 Å². The summed E-state index contributed by atoms with van der Waals surface area (Å²) in [5.41, 5.74) is -0.00885. The lowest BCUT2D eigenvalue weighted by Crippen LogP contribution is -2.22. The Kier molecular flexibility index (Phi) is 9.27. The van der Waals surface area contributed by atoms with E-state index in [0.717, 1.165) is 67.6 Å². The number of hydrogen-bond acceptors (Lipinski definition) is 1. The first kappa shape index (κ1) is 31.8. The van der Waals surface area contributed by atoms with Crippen LogP contribution in [0.4, 0.5) is 35.1 Å². The average Bonchev–Trinajstić information content (AvgIpc) is 3.00. The largest absolute Gasteiger partial charge is 0.429 e. The number of hydrogen-bond donors (Lipinski definition) is 0. The fourth-order valence-corrected chi connectivity index (χ4v) is 5.00. The Labute approximate surface area is 254 Å². The maximum Gasteiger partial charge on any atom is 0.426 e. The van der Waals surface area contributed by atoms with E-state index in [0.29, 0.717) is 6.07 Å². The maximum absolute atomic E-state index is 15.2. The van der Waals surface area contributed by atoms with Crippen molar-refractivity contribution in [3.63, 3.8) is 0 Å². The highest BCUT2D eigenvalue weighted by molar-refractivity contribution is 5.74. The zero-order valence-electron chi connectivity index (χ0n) is 23.9. The van der Waals surface area contributed by atoms with Gasteiger partial charge in [0.2, 0.25) is 0 Å². The van der Waals surface area contributed by atoms with Gasteiger partial charge in [0.1, 0.15) is 23.2 Å². The fourth-order valence-electron chi connectivity index (χ4n) is 5.00. The molecule has 0 saturated carbocycles. The highest BCUT2D eigenvalue weighted by Gasteiger charge is 2.34. The second-order valence-electron chi connectivity index (χ2n) is 10.6. The van der Waals surface area contributed by atoms with Crippen LogP contribution in [-0.4, -0.2) is 0 Å². The Morgan fingerprint density at radius 2 is 1.13 bits per heavy atom. The fraction of sp³-hybridized carbons (Fsp3) is 0.167. The van der Waals surface area contributed by atoms with Gasteiger partial charge in [0.15, 0.2) is 17.5 Å². The van der Waals surface area contributed by atoms with Crippen LogP contribution in [0.15, 0.2) is 91.0 Å². The minimum Gasteiger partial charge on any atom is -0.429 e. The summed E-state index contributed by atoms with van der Waals surface area (Å²) < 4.78 is 120. The molecule has 0 aromatic heterocycles. The summed E-state index contributed by atoms with van der Waals surface area (Å²) in [4.78, 5) is 0. The lowest BCUT2D eigenvalue weighted by atomic mass is 9.96. The quantitative estimate of drug-likeness (QED) is 0.0852. The topological polar surface area (TPSA) is 9.23 Å². The molecule has 0 radical (unpaired) electrons. The summed E-state index contributed by atoms with van der Waals surface area (Å²) in [6, 6.07) is 17.3. The van der Waals surface area contributed by atoms with E-state index < -0.39 is 57.9 Å². The van der Waals surface area contributed by atoms with Gasteiger partial charge in [-0.15, -0.1) is 0 Å². The molecule has 0 bridgehead atoms. The molecule has 0 aliphatic heterocycles. The van der Waals surface area contributed by atoms with E-state index in [1.54, 1.807) is 12.1 Å². The van der Waals surface area contributed by atoms with Crippen molar-refractivity contribution in [3.8, 4) is 39.1 Å². The minimum atomic E-state index is -3.76. The number of aryl methyl sites for hydroxylation is 1. The normalized spacial score (nSPS) is 11.6. The van der Waals surface area contributed by atoms with E-state index in [2.05, 4.69) is 6.92 Å². The van der Waals surface area contributed by atoms with Crippen molar-refractivity contribution in [2.75, 3.05) is 0 Å². The molecule has 232 valence electrons. The van der Waals surface area contributed by atoms with Crippen LogP contribution in [0.1, 0.15) is 37.3 Å². The SMILES string of the molecule is CCCCCc1ccc(C(F)(F)Oc2ccc(-c3cc(F)c(-c4ccc(-c5cc(F)c(F)c(F)c5)cc4)c(F)c3)c(F)c2)cc1. The Morgan fingerprint density at radius 3 is 1.71 bits per heavy atom. The maximum atomic E-state index is 15.2. The second kappa shape index (κ2) is 13.1. The molecular formula is C36H26F8O. The third kappa shape index (κ3) is 7.03. The van der Waals surface area contributed by atoms with Crippen LogP contribution in [0, 0.1) is 34.9 Å². The third-order valence-corrected chi connectivity index (χ3v) is 7.39. The van der Waals surface area contributed by atoms with Crippen LogP contribution in [0.25, 0.3) is 33.4 Å². The molecule has 9 heteroatoms. The molecule has 0 amide bonds. The van der Waals surface area contributed by atoms with Crippen LogP contribution in [0.3, 0.4) is 0 Å². The Hall–Kier alpha value is -4.66. The van der Waals surface area contributed by atoms with Crippen molar-refractivity contribution in [1.82, 2.24) is 0 Å². The van der Waals surface area contributed by atoms with Crippen LogP contribution in [-0.2, 0) is 12.5 Å². The summed E-state index contributed by atoms with van der Waals surface area (Å²) in [6.45, 7) is 2.07. The predicted octanol–water partition coefficient (Wildman–Crippen LogP) is 11.4. The molecule has 0 atom stereocenters. The van der Waals surface area contributed by atoms with Crippen molar-refractivity contribution in [2.45, 2.75) is 38.7 Å². The number of rotatable bonds is 10. The van der Waals surface area contributed by atoms with Gasteiger partial charge in [-0.1, -0.05) is 56.2 Å². The monoisotopic (exact) mass is 626 g/mol. The molecule has 0 heterocycles. The van der Waals surface area contributed by atoms with Gasteiger partial charge in [0.05, 0.1) is 11.1 Å². The smallest absolute Gasteiger partial charge is 0.426 e. The van der Waals surface area contributed by atoms with Gasteiger partial charge in [-0.05, 0) is 89.2 Å². The van der Waals surface area contributed by atoms with Crippen molar-refractivity contribution >= 4 is 0 Å². The van der Waals surface area contributed by atoms with Crippen molar-refractivity contribution in [1.29, 1.82) is 0 Å². The standard InChI is InChI=1S/C36H26F8O/c1-2-3-4-5-21-6-12-26(13-7-21)36(43,44)45-27-14-15-28(29(37)20-27)25-18-30(38)34(31(39)19-25)23-10-8-22(9-11-23)24-16-32(40)35(42)33(41)17-24/h6-20H,2-5H2,1H3. The average molecular weight is 627 g/mol. The summed E-state index contributed by atoms with van der Waals surface area (Å²) in [6.07, 6.45) is 0.0330. The molecule has 0 spiro atoms. The number of benzene rings is 5. The molecule has 0 aliphatic rings. The highest BCUT2D eigenvalue weighted by Crippen LogP contribution is 2.37. The molecule has 0 fully saturated rings. The van der Waals surface area contributed by atoms with Gasteiger partial charge in [-0.25, -0.2) is 26.3 Å². The van der Waals surface area contributed by atoms with E-state index in [1.807, 2.05) is 0 Å².